The number of benzene rings is 1. The van der Waals surface area contributed by atoms with Gasteiger partial charge in [0.2, 0.25) is 0 Å². The highest BCUT2D eigenvalue weighted by Gasteiger charge is 2.22. The SMILES string of the molecule is CCCCCCCCCc1ccc(C(=O)O)c(C(=O)O)c1CCC. The molecule has 0 fully saturated rings. The van der Waals surface area contributed by atoms with E-state index in [2.05, 4.69) is 6.92 Å². The summed E-state index contributed by atoms with van der Waals surface area (Å²) in [6.45, 7) is 4.19. The Morgan fingerprint density at radius 2 is 1.42 bits per heavy atom. The molecule has 1 aromatic carbocycles. The molecule has 0 aliphatic carbocycles. The lowest BCUT2D eigenvalue weighted by molar-refractivity contribution is 0.0650. The van der Waals surface area contributed by atoms with Crippen LogP contribution in [0.5, 0.6) is 0 Å². The number of aryl methyl sites for hydroxylation is 1. The smallest absolute Gasteiger partial charge is 0.336 e. The maximum atomic E-state index is 11.6. The number of hydrogen-bond donors (Lipinski definition) is 2. The average Bonchev–Trinajstić information content (AvgIpc) is 2.54. The summed E-state index contributed by atoms with van der Waals surface area (Å²) in [5.74, 6) is -2.32. The Kier molecular flexibility index (Phi) is 9.13. The van der Waals surface area contributed by atoms with E-state index in [-0.39, 0.29) is 11.1 Å². The van der Waals surface area contributed by atoms with Gasteiger partial charge < -0.3 is 10.2 Å². The Labute approximate surface area is 144 Å². The fraction of sp³-hybridized carbons (Fsp3) is 0.600. The molecule has 0 unspecified atom stereocenters. The Morgan fingerprint density at radius 3 is 1.96 bits per heavy atom. The molecule has 24 heavy (non-hydrogen) atoms. The molecular formula is C20H30O4. The Morgan fingerprint density at radius 1 is 0.792 bits per heavy atom. The van der Waals surface area contributed by atoms with Gasteiger partial charge in [-0.05, 0) is 36.5 Å². The molecule has 0 heterocycles. The Balaban J connectivity index is 2.81. The fourth-order valence-corrected chi connectivity index (χ4v) is 3.16. The zero-order chi connectivity index (χ0) is 17.9. The predicted octanol–water partition coefficient (Wildman–Crippen LogP) is 5.33. The molecule has 0 aromatic heterocycles. The first kappa shape index (κ1) is 20.2. The minimum atomic E-state index is -1.17. The second-order valence-corrected chi connectivity index (χ2v) is 6.36. The number of rotatable bonds is 12. The van der Waals surface area contributed by atoms with Gasteiger partial charge in [-0.1, -0.05) is 64.9 Å². The monoisotopic (exact) mass is 334 g/mol. The van der Waals surface area contributed by atoms with Crippen molar-refractivity contribution in [2.75, 3.05) is 0 Å². The third kappa shape index (κ3) is 5.99. The van der Waals surface area contributed by atoms with E-state index < -0.39 is 11.9 Å². The quantitative estimate of drug-likeness (QED) is 0.507. The summed E-state index contributed by atoms with van der Waals surface area (Å²) in [6.07, 6.45) is 10.7. The lowest BCUT2D eigenvalue weighted by atomic mass is 9.90. The molecule has 0 aliphatic rings. The first-order valence-corrected chi connectivity index (χ1v) is 9.14. The molecule has 0 amide bonds. The van der Waals surface area contributed by atoms with Gasteiger partial charge in [-0.25, -0.2) is 9.59 Å². The standard InChI is InChI=1S/C20H30O4/c1-3-5-6-7-8-9-10-12-15-13-14-17(19(21)22)18(20(23)24)16(15)11-4-2/h13-14H,3-12H2,1-2H3,(H,21,22)(H,23,24). The highest BCUT2D eigenvalue weighted by atomic mass is 16.4. The molecule has 0 saturated carbocycles. The van der Waals surface area contributed by atoms with Crippen molar-refractivity contribution in [1.29, 1.82) is 0 Å². The van der Waals surface area contributed by atoms with Crippen molar-refractivity contribution < 1.29 is 19.8 Å². The van der Waals surface area contributed by atoms with Gasteiger partial charge in [-0.15, -0.1) is 0 Å². The summed E-state index contributed by atoms with van der Waals surface area (Å²) in [6, 6.07) is 3.25. The Hall–Kier alpha value is -1.84. The van der Waals surface area contributed by atoms with E-state index in [4.69, 9.17) is 0 Å². The summed E-state index contributed by atoms with van der Waals surface area (Å²) >= 11 is 0. The molecule has 0 radical (unpaired) electrons. The second-order valence-electron chi connectivity index (χ2n) is 6.36. The molecule has 0 aliphatic heterocycles. The minimum absolute atomic E-state index is 0.0233. The summed E-state index contributed by atoms with van der Waals surface area (Å²) in [4.78, 5) is 22.9. The van der Waals surface area contributed by atoms with Crippen LogP contribution in [-0.2, 0) is 12.8 Å². The maximum absolute atomic E-state index is 11.6. The number of carboxylic acids is 2. The first-order chi connectivity index (χ1) is 11.5. The average molecular weight is 334 g/mol. The van der Waals surface area contributed by atoms with E-state index in [0.29, 0.717) is 12.0 Å². The van der Waals surface area contributed by atoms with Crippen LogP contribution in [0, 0.1) is 0 Å². The summed E-state index contributed by atoms with van der Waals surface area (Å²) in [7, 11) is 0. The zero-order valence-electron chi connectivity index (χ0n) is 14.9. The normalized spacial score (nSPS) is 10.8. The molecule has 0 bridgehead atoms. The third-order valence-electron chi connectivity index (χ3n) is 4.40. The molecule has 2 N–H and O–H groups in total. The first-order valence-electron chi connectivity index (χ1n) is 9.14. The van der Waals surface area contributed by atoms with E-state index in [9.17, 15) is 19.8 Å². The number of hydrogen-bond acceptors (Lipinski definition) is 2. The molecular weight excluding hydrogens is 304 g/mol. The number of carbonyl (C=O) groups is 2. The highest BCUT2D eigenvalue weighted by molar-refractivity contribution is 6.03. The lowest BCUT2D eigenvalue weighted by Crippen LogP contribution is -2.14. The van der Waals surface area contributed by atoms with E-state index in [1.54, 1.807) is 6.07 Å². The van der Waals surface area contributed by atoms with E-state index >= 15 is 0 Å². The van der Waals surface area contributed by atoms with Crippen molar-refractivity contribution in [2.24, 2.45) is 0 Å². The van der Waals surface area contributed by atoms with Crippen LogP contribution in [0.25, 0.3) is 0 Å². The molecule has 134 valence electrons. The van der Waals surface area contributed by atoms with Crippen molar-refractivity contribution in [2.45, 2.75) is 78.1 Å². The van der Waals surface area contributed by atoms with Crippen LogP contribution in [-0.4, -0.2) is 22.2 Å². The van der Waals surface area contributed by atoms with Crippen molar-refractivity contribution in [3.63, 3.8) is 0 Å². The third-order valence-corrected chi connectivity index (χ3v) is 4.40. The van der Waals surface area contributed by atoms with Gasteiger partial charge in [0.1, 0.15) is 0 Å². The topological polar surface area (TPSA) is 74.6 Å². The van der Waals surface area contributed by atoms with Crippen LogP contribution in [0.15, 0.2) is 12.1 Å². The van der Waals surface area contributed by atoms with Crippen molar-refractivity contribution in [3.05, 3.63) is 34.4 Å². The molecule has 0 atom stereocenters. The number of carboxylic acid groups (broad SMARTS) is 2. The molecule has 4 nitrogen and oxygen atoms in total. The maximum Gasteiger partial charge on any atom is 0.336 e. The van der Waals surface area contributed by atoms with Crippen molar-refractivity contribution >= 4 is 11.9 Å². The number of unbranched alkanes of at least 4 members (excludes halogenated alkanes) is 6. The van der Waals surface area contributed by atoms with E-state index in [0.717, 1.165) is 31.2 Å². The van der Waals surface area contributed by atoms with E-state index in [1.165, 1.54) is 38.2 Å². The molecule has 1 rings (SSSR count). The van der Waals surface area contributed by atoms with Gasteiger partial charge in [0.25, 0.3) is 0 Å². The van der Waals surface area contributed by atoms with E-state index in [1.807, 2.05) is 6.92 Å². The van der Waals surface area contributed by atoms with Crippen LogP contribution in [0.1, 0.15) is 97.1 Å². The summed E-state index contributed by atoms with van der Waals surface area (Å²) < 4.78 is 0. The lowest BCUT2D eigenvalue weighted by Gasteiger charge is -2.14. The van der Waals surface area contributed by atoms with Crippen LogP contribution >= 0.6 is 0 Å². The fourth-order valence-electron chi connectivity index (χ4n) is 3.16. The van der Waals surface area contributed by atoms with Gasteiger partial charge in [-0.3, -0.25) is 0 Å². The largest absolute Gasteiger partial charge is 0.478 e. The highest BCUT2D eigenvalue weighted by Crippen LogP contribution is 2.24. The molecule has 0 spiro atoms. The predicted molar refractivity (Wildman–Crippen MR) is 96.1 cm³/mol. The summed E-state index contributed by atoms with van der Waals surface area (Å²) in [5, 5.41) is 18.7. The summed E-state index contributed by atoms with van der Waals surface area (Å²) in [5.41, 5.74) is 1.57. The molecule has 4 heteroatoms. The van der Waals surface area contributed by atoms with Crippen molar-refractivity contribution in [3.8, 4) is 0 Å². The van der Waals surface area contributed by atoms with Gasteiger partial charge in [0.15, 0.2) is 0 Å². The minimum Gasteiger partial charge on any atom is -0.478 e. The number of aromatic carboxylic acids is 2. The van der Waals surface area contributed by atoms with Gasteiger partial charge in [0.05, 0.1) is 11.1 Å². The second kappa shape index (κ2) is 10.8. The molecule has 1 aromatic rings. The van der Waals surface area contributed by atoms with Gasteiger partial charge in [-0.2, -0.15) is 0 Å². The van der Waals surface area contributed by atoms with Crippen LogP contribution < -0.4 is 0 Å². The van der Waals surface area contributed by atoms with Crippen LogP contribution in [0.4, 0.5) is 0 Å². The van der Waals surface area contributed by atoms with Gasteiger partial charge in [0, 0.05) is 0 Å². The van der Waals surface area contributed by atoms with Gasteiger partial charge >= 0.3 is 11.9 Å². The van der Waals surface area contributed by atoms with Crippen molar-refractivity contribution in [1.82, 2.24) is 0 Å². The van der Waals surface area contributed by atoms with Crippen LogP contribution in [0.2, 0.25) is 0 Å². The van der Waals surface area contributed by atoms with Crippen LogP contribution in [0.3, 0.4) is 0 Å². The molecule has 0 saturated heterocycles. The zero-order valence-corrected chi connectivity index (χ0v) is 14.9. The Bertz CT molecular complexity index is 549.